The Morgan fingerprint density at radius 1 is 0.875 bits per heavy atom. The second kappa shape index (κ2) is 11.3. The molecule has 230 valence electrons. The number of nitro benzene ring substituents is 1. The molecular weight excluding hydrogens is 651 g/mol. The number of nitro groups is 1. The van der Waals surface area contributed by atoms with Crippen molar-refractivity contribution in [3.05, 3.63) is 28.3 Å². The highest BCUT2D eigenvalue weighted by Gasteiger charge is 2.87. The monoisotopic (exact) mass is 659 g/mol. The van der Waals surface area contributed by atoms with Crippen LogP contribution in [0.2, 0.25) is 0 Å². The van der Waals surface area contributed by atoms with E-state index in [1.54, 1.807) is 0 Å². The molecule has 40 heavy (non-hydrogen) atoms. The van der Waals surface area contributed by atoms with Crippen molar-refractivity contribution in [1.82, 2.24) is 0 Å². The van der Waals surface area contributed by atoms with Crippen LogP contribution in [0, 0.1) is 10.1 Å². The number of benzene rings is 1. The number of esters is 1. The van der Waals surface area contributed by atoms with Crippen molar-refractivity contribution in [1.29, 1.82) is 0 Å². The lowest BCUT2D eigenvalue weighted by Crippen LogP contribution is -2.69. The van der Waals surface area contributed by atoms with Crippen LogP contribution in [0.1, 0.15) is 0 Å². The summed E-state index contributed by atoms with van der Waals surface area (Å²) in [6.45, 7) is -3.34. The van der Waals surface area contributed by atoms with E-state index in [0.717, 1.165) is 0 Å². The topological polar surface area (TPSA) is 104 Å². The molecular formula is C16H8F15NO6S2. The zero-order valence-electron chi connectivity index (χ0n) is 18.1. The summed E-state index contributed by atoms with van der Waals surface area (Å²) in [4.78, 5) is 18.7. The molecule has 0 aliphatic heterocycles. The van der Waals surface area contributed by atoms with E-state index in [1.165, 1.54) is 0 Å². The molecule has 24 heteroatoms. The fourth-order valence-corrected chi connectivity index (χ4v) is 4.06. The summed E-state index contributed by atoms with van der Waals surface area (Å²) in [6, 6.07) is 0.491. The highest BCUT2D eigenvalue weighted by atomic mass is 32.2. The summed E-state index contributed by atoms with van der Waals surface area (Å²) < 4.78 is 222. The van der Waals surface area contributed by atoms with Crippen LogP contribution < -0.4 is 0 Å². The Kier molecular flexibility index (Phi) is 10.0. The second-order valence-corrected chi connectivity index (χ2v) is 9.99. The van der Waals surface area contributed by atoms with Gasteiger partial charge < -0.3 is 4.74 Å². The van der Waals surface area contributed by atoms with Gasteiger partial charge in [-0.3, -0.25) is 19.1 Å². The lowest BCUT2D eigenvalue weighted by molar-refractivity contribution is -0.414. The SMILES string of the molecule is O=C(CS(=O)c1ccc(S(=O)C(F)(F)F)cc1[N+](=O)[O-])OCC(F)(F)C(F)(F)C(F)(F)C(F)(F)C(F)(F)C(F)F. The molecule has 0 fully saturated rings. The highest BCUT2D eigenvalue weighted by molar-refractivity contribution is 7.86. The molecule has 1 aromatic rings. The molecule has 0 radical (unpaired) electrons. The van der Waals surface area contributed by atoms with Crippen molar-refractivity contribution >= 4 is 33.3 Å². The van der Waals surface area contributed by atoms with E-state index < -0.39 is 102 Å². The summed E-state index contributed by atoms with van der Waals surface area (Å²) >= 11 is 0. The Balaban J connectivity index is 3.16. The molecule has 0 bridgehead atoms. The maximum Gasteiger partial charge on any atom is 0.475 e. The van der Waals surface area contributed by atoms with Crippen LogP contribution in [-0.4, -0.2) is 73.2 Å². The van der Waals surface area contributed by atoms with Crippen LogP contribution in [0.25, 0.3) is 0 Å². The fourth-order valence-electron chi connectivity index (χ4n) is 2.34. The third-order valence-corrected chi connectivity index (χ3v) is 6.84. The summed E-state index contributed by atoms with van der Waals surface area (Å²) in [5.74, 6) is -41.5. The first-order valence-corrected chi connectivity index (χ1v) is 11.6. The molecule has 0 saturated carbocycles. The molecule has 0 heterocycles. The minimum absolute atomic E-state index is 0.0195. The van der Waals surface area contributed by atoms with Crippen molar-refractivity contribution in [3.63, 3.8) is 0 Å². The summed E-state index contributed by atoms with van der Waals surface area (Å²) in [5.41, 5.74) is -6.93. The molecule has 2 unspecified atom stereocenters. The van der Waals surface area contributed by atoms with E-state index in [0.29, 0.717) is 0 Å². The highest BCUT2D eigenvalue weighted by Crippen LogP contribution is 2.58. The normalized spacial score (nSPS) is 15.6. The van der Waals surface area contributed by atoms with Crippen LogP contribution in [0.4, 0.5) is 71.5 Å². The van der Waals surface area contributed by atoms with Crippen molar-refractivity contribution in [2.24, 2.45) is 0 Å². The Morgan fingerprint density at radius 3 is 1.80 bits per heavy atom. The maximum absolute atomic E-state index is 13.7. The number of carbonyl (C=O) groups is 1. The molecule has 0 saturated heterocycles. The zero-order chi connectivity index (χ0) is 31.9. The minimum Gasteiger partial charge on any atom is -0.458 e. The first-order chi connectivity index (χ1) is 17.7. The van der Waals surface area contributed by atoms with E-state index in [-0.39, 0.29) is 18.2 Å². The van der Waals surface area contributed by atoms with Gasteiger partial charge in [-0.05, 0) is 12.1 Å². The number of rotatable bonds is 12. The Labute approximate surface area is 214 Å². The first-order valence-electron chi connectivity index (χ1n) is 9.15. The molecule has 0 aromatic heterocycles. The van der Waals surface area contributed by atoms with Gasteiger partial charge in [0, 0.05) is 6.07 Å². The van der Waals surface area contributed by atoms with Gasteiger partial charge in [0.1, 0.15) is 10.6 Å². The van der Waals surface area contributed by atoms with Gasteiger partial charge in [0.2, 0.25) is 0 Å². The summed E-state index contributed by atoms with van der Waals surface area (Å²) in [7, 11) is -7.02. The van der Waals surface area contributed by atoms with Gasteiger partial charge in [-0.15, -0.1) is 0 Å². The Bertz CT molecular complexity index is 1190. The lowest BCUT2D eigenvalue weighted by atomic mass is 9.94. The summed E-state index contributed by atoms with van der Waals surface area (Å²) in [5, 5.41) is 11.1. The number of alkyl halides is 15. The molecule has 1 aromatic carbocycles. The van der Waals surface area contributed by atoms with E-state index in [1.807, 2.05) is 0 Å². The van der Waals surface area contributed by atoms with Crippen molar-refractivity contribution < 1.29 is 88.7 Å². The first kappa shape index (κ1) is 35.4. The fraction of sp³-hybridized carbons (Fsp3) is 0.562. The van der Waals surface area contributed by atoms with Crippen molar-refractivity contribution in [3.8, 4) is 0 Å². The summed E-state index contributed by atoms with van der Waals surface area (Å²) in [6.07, 6.45) is -5.74. The number of carbonyl (C=O) groups excluding carboxylic acids is 1. The van der Waals surface area contributed by atoms with E-state index in [2.05, 4.69) is 4.74 Å². The molecule has 1 rings (SSSR count). The van der Waals surface area contributed by atoms with Gasteiger partial charge >= 0.3 is 47.5 Å². The number of halogens is 15. The van der Waals surface area contributed by atoms with Gasteiger partial charge in [0.25, 0.3) is 5.69 Å². The smallest absolute Gasteiger partial charge is 0.458 e. The minimum atomic E-state index is -7.91. The molecule has 0 aliphatic rings. The molecule has 2 atom stereocenters. The molecule has 0 N–H and O–H groups in total. The molecule has 0 spiro atoms. The number of nitrogens with zero attached hydrogens (tertiary/aromatic N) is 1. The number of ether oxygens (including phenoxy) is 1. The standard InChI is InChI=1S/C16H8F15NO6S2/c17-10(18)12(21,22)14(25,26)15(27,28)13(23,24)11(19,20)5-38-9(33)4-39(36)8-2-1-6(3-7(8)32(34)35)40(37)16(29,30)31/h1-3,10H,4-5H2. The van der Waals surface area contributed by atoms with Crippen molar-refractivity contribution in [2.45, 2.75) is 51.3 Å². The third-order valence-electron chi connectivity index (χ3n) is 4.40. The van der Waals surface area contributed by atoms with E-state index >= 15 is 0 Å². The predicted octanol–water partition coefficient (Wildman–Crippen LogP) is 5.31. The van der Waals surface area contributed by atoms with Crippen molar-refractivity contribution in [2.75, 3.05) is 12.4 Å². The second-order valence-electron chi connectivity index (χ2n) is 7.10. The molecule has 0 aliphatic carbocycles. The number of hydrogen-bond donors (Lipinski definition) is 0. The molecule has 0 amide bonds. The predicted molar refractivity (Wildman–Crippen MR) is 98.5 cm³/mol. The van der Waals surface area contributed by atoms with Crippen LogP contribution in [0.5, 0.6) is 0 Å². The van der Waals surface area contributed by atoms with Gasteiger partial charge in [0.05, 0.1) is 20.6 Å². The average Bonchev–Trinajstić information content (AvgIpc) is 2.80. The lowest BCUT2D eigenvalue weighted by Gasteiger charge is -2.38. The van der Waals surface area contributed by atoms with Crippen LogP contribution in [0.15, 0.2) is 28.0 Å². The third kappa shape index (κ3) is 6.46. The largest absolute Gasteiger partial charge is 0.475 e. The quantitative estimate of drug-likeness (QED) is 0.130. The Hall–Kier alpha value is -2.66. The zero-order valence-corrected chi connectivity index (χ0v) is 19.7. The van der Waals surface area contributed by atoms with Crippen LogP contribution in [0.3, 0.4) is 0 Å². The number of hydrogen-bond acceptors (Lipinski definition) is 6. The molecule has 7 nitrogen and oxygen atoms in total. The van der Waals surface area contributed by atoms with E-state index in [4.69, 9.17) is 0 Å². The van der Waals surface area contributed by atoms with Gasteiger partial charge in [-0.1, -0.05) is 0 Å². The van der Waals surface area contributed by atoms with Gasteiger partial charge in [-0.25, -0.2) is 13.0 Å². The van der Waals surface area contributed by atoms with Gasteiger partial charge in [-0.2, -0.15) is 57.1 Å². The van der Waals surface area contributed by atoms with E-state index in [9.17, 15) is 89.2 Å². The Morgan fingerprint density at radius 2 is 1.38 bits per heavy atom. The van der Waals surface area contributed by atoms with Crippen LogP contribution >= 0.6 is 0 Å². The van der Waals surface area contributed by atoms with Crippen LogP contribution in [-0.2, 0) is 31.1 Å². The average molecular weight is 659 g/mol. The van der Waals surface area contributed by atoms with Gasteiger partial charge in [0.15, 0.2) is 17.4 Å². The maximum atomic E-state index is 13.7.